The molecule has 2 aromatic heterocycles. The van der Waals surface area contributed by atoms with Crippen LogP contribution in [-0.2, 0) is 21.8 Å². The summed E-state index contributed by atoms with van der Waals surface area (Å²) in [5.41, 5.74) is 2.37. The minimum absolute atomic E-state index is 0.0412. The number of hydrogen-bond donors (Lipinski definition) is 1. The molecule has 1 aliphatic rings. The second-order valence-corrected chi connectivity index (χ2v) is 10.9. The van der Waals surface area contributed by atoms with E-state index < -0.39 is 10.0 Å². The molecular formula is C23H28N4O4S2. The molecule has 10 heteroatoms. The van der Waals surface area contributed by atoms with E-state index in [2.05, 4.69) is 9.71 Å². The number of thiazole rings is 1. The number of ether oxygens (including phenoxy) is 1. The quantitative estimate of drug-likeness (QED) is 0.552. The Kier molecular flexibility index (Phi) is 6.99. The van der Waals surface area contributed by atoms with Crippen LogP contribution < -0.4 is 4.72 Å². The fourth-order valence-corrected chi connectivity index (χ4v) is 6.02. The van der Waals surface area contributed by atoms with Crippen molar-refractivity contribution in [1.82, 2.24) is 19.2 Å². The summed E-state index contributed by atoms with van der Waals surface area (Å²) in [4.78, 5) is 20.0. The van der Waals surface area contributed by atoms with E-state index in [4.69, 9.17) is 4.74 Å². The lowest BCUT2D eigenvalue weighted by atomic mass is 10.0. The number of aromatic nitrogens is 2. The average Bonchev–Trinajstić information content (AvgIpc) is 3.41. The number of rotatable bonds is 7. The van der Waals surface area contributed by atoms with Gasteiger partial charge in [-0.2, -0.15) is 0 Å². The van der Waals surface area contributed by atoms with Gasteiger partial charge in [-0.15, -0.1) is 11.3 Å². The summed E-state index contributed by atoms with van der Waals surface area (Å²) < 4.78 is 35.6. The minimum atomic E-state index is -3.69. The third-order valence-corrected chi connectivity index (χ3v) is 8.31. The van der Waals surface area contributed by atoms with Gasteiger partial charge in [0, 0.05) is 32.9 Å². The second kappa shape index (κ2) is 9.76. The molecule has 1 amide bonds. The maximum absolute atomic E-state index is 12.9. The maximum Gasteiger partial charge on any atom is 0.266 e. The van der Waals surface area contributed by atoms with Gasteiger partial charge in [-0.3, -0.25) is 4.79 Å². The van der Waals surface area contributed by atoms with Crippen molar-refractivity contribution in [3.8, 4) is 10.7 Å². The summed E-state index contributed by atoms with van der Waals surface area (Å²) in [6, 6.07) is 11.4. The Morgan fingerprint density at radius 3 is 2.64 bits per heavy atom. The van der Waals surface area contributed by atoms with Crippen LogP contribution in [0.15, 0.2) is 47.5 Å². The van der Waals surface area contributed by atoms with Crippen molar-refractivity contribution in [3.05, 3.63) is 58.7 Å². The van der Waals surface area contributed by atoms with Gasteiger partial charge in [0.1, 0.15) is 14.8 Å². The summed E-state index contributed by atoms with van der Waals surface area (Å²) >= 11 is 1.29. The molecule has 4 rings (SSSR count). The van der Waals surface area contributed by atoms with E-state index in [1.54, 1.807) is 35.7 Å². The van der Waals surface area contributed by atoms with Gasteiger partial charge in [-0.05, 0) is 24.5 Å². The number of carbonyl (C=O) groups is 1. The first-order valence-electron chi connectivity index (χ1n) is 10.8. The summed E-state index contributed by atoms with van der Waals surface area (Å²) in [6.45, 7) is 6.28. The lowest BCUT2D eigenvalue weighted by Crippen LogP contribution is -2.40. The Morgan fingerprint density at radius 2 is 1.94 bits per heavy atom. The zero-order chi connectivity index (χ0) is 23.6. The predicted molar refractivity (Wildman–Crippen MR) is 128 cm³/mol. The van der Waals surface area contributed by atoms with Crippen LogP contribution in [0.2, 0.25) is 0 Å². The van der Waals surface area contributed by atoms with E-state index in [9.17, 15) is 13.2 Å². The van der Waals surface area contributed by atoms with Crippen molar-refractivity contribution in [2.45, 2.75) is 24.7 Å². The van der Waals surface area contributed by atoms with Crippen LogP contribution in [0.1, 0.15) is 33.8 Å². The van der Waals surface area contributed by atoms with Gasteiger partial charge in [-0.1, -0.05) is 37.3 Å². The van der Waals surface area contributed by atoms with Crippen LogP contribution in [0.5, 0.6) is 0 Å². The van der Waals surface area contributed by atoms with E-state index in [1.807, 2.05) is 37.3 Å². The fraction of sp³-hybridized carbons (Fsp3) is 0.391. The molecule has 1 aliphatic heterocycles. The zero-order valence-electron chi connectivity index (χ0n) is 18.9. The number of morpholine rings is 1. The van der Waals surface area contributed by atoms with Crippen LogP contribution in [0.4, 0.5) is 0 Å². The topological polar surface area (TPSA) is 93.5 Å². The molecule has 0 unspecified atom stereocenters. The highest BCUT2D eigenvalue weighted by Gasteiger charge is 2.25. The standard InChI is InChI=1S/C23H28N4O4S2/c1-16(18-7-5-4-6-8-18)14-24-33(29,30)19-13-20(26(3)15-19)22-25-17(2)21(32-22)23(28)27-9-11-31-12-10-27/h4-8,13,15-16,24H,9-12,14H2,1-3H3/t16-/m1/s1. The Bertz CT molecular complexity index is 1230. The van der Waals surface area contributed by atoms with Gasteiger partial charge in [-0.25, -0.2) is 18.1 Å². The summed E-state index contributed by atoms with van der Waals surface area (Å²) in [5.74, 6) is -0.0160. The molecule has 1 atom stereocenters. The second-order valence-electron chi connectivity index (χ2n) is 8.17. The van der Waals surface area contributed by atoms with E-state index >= 15 is 0 Å². The third-order valence-electron chi connectivity index (χ3n) is 5.75. The highest BCUT2D eigenvalue weighted by molar-refractivity contribution is 7.89. The highest BCUT2D eigenvalue weighted by Crippen LogP contribution is 2.31. The average molecular weight is 489 g/mol. The Morgan fingerprint density at radius 1 is 1.24 bits per heavy atom. The van der Waals surface area contributed by atoms with Gasteiger partial charge in [0.25, 0.3) is 5.91 Å². The van der Waals surface area contributed by atoms with E-state index in [0.717, 1.165) is 5.56 Å². The zero-order valence-corrected chi connectivity index (χ0v) is 20.6. The van der Waals surface area contributed by atoms with Crippen LogP contribution in [0.3, 0.4) is 0 Å². The van der Waals surface area contributed by atoms with Crippen molar-refractivity contribution in [2.75, 3.05) is 32.8 Å². The summed E-state index contributed by atoms with van der Waals surface area (Å²) in [5, 5.41) is 0.616. The number of amides is 1. The van der Waals surface area contributed by atoms with Crippen LogP contribution >= 0.6 is 11.3 Å². The number of hydrogen-bond acceptors (Lipinski definition) is 6. The van der Waals surface area contributed by atoms with Crippen LogP contribution in [0.25, 0.3) is 10.7 Å². The number of carbonyl (C=O) groups excluding carboxylic acids is 1. The molecule has 1 aromatic carbocycles. The van der Waals surface area contributed by atoms with Crippen molar-refractivity contribution in [3.63, 3.8) is 0 Å². The summed E-state index contributed by atoms with van der Waals surface area (Å²) in [7, 11) is -1.91. The Balaban J connectivity index is 1.51. The molecule has 1 saturated heterocycles. The van der Waals surface area contributed by atoms with Crippen LogP contribution in [-0.4, -0.2) is 61.6 Å². The first kappa shape index (κ1) is 23.6. The van der Waals surface area contributed by atoms with E-state index in [-0.39, 0.29) is 16.7 Å². The van der Waals surface area contributed by atoms with E-state index in [0.29, 0.717) is 54.1 Å². The highest BCUT2D eigenvalue weighted by atomic mass is 32.2. The van der Waals surface area contributed by atoms with Crippen molar-refractivity contribution in [2.24, 2.45) is 7.05 Å². The molecule has 0 bridgehead atoms. The molecule has 3 aromatic rings. The van der Waals surface area contributed by atoms with E-state index in [1.165, 1.54) is 11.3 Å². The van der Waals surface area contributed by atoms with Crippen molar-refractivity contribution in [1.29, 1.82) is 0 Å². The normalized spacial score (nSPS) is 15.5. The number of benzene rings is 1. The van der Waals surface area contributed by atoms with Crippen molar-refractivity contribution >= 4 is 27.3 Å². The monoisotopic (exact) mass is 488 g/mol. The molecule has 0 aliphatic carbocycles. The van der Waals surface area contributed by atoms with Crippen molar-refractivity contribution < 1.29 is 17.9 Å². The molecule has 33 heavy (non-hydrogen) atoms. The number of aryl methyl sites for hydroxylation is 2. The van der Waals surface area contributed by atoms with Gasteiger partial charge >= 0.3 is 0 Å². The lowest BCUT2D eigenvalue weighted by molar-refractivity contribution is 0.0305. The minimum Gasteiger partial charge on any atom is -0.378 e. The molecular weight excluding hydrogens is 460 g/mol. The van der Waals surface area contributed by atoms with Gasteiger partial charge in [0.2, 0.25) is 10.0 Å². The molecule has 1 fully saturated rings. The Labute approximate surface area is 198 Å². The van der Waals surface area contributed by atoms with Gasteiger partial charge in [0.05, 0.1) is 24.6 Å². The smallest absolute Gasteiger partial charge is 0.266 e. The number of nitrogens with zero attached hydrogens (tertiary/aromatic N) is 3. The molecule has 0 saturated carbocycles. The maximum atomic E-state index is 12.9. The number of nitrogens with one attached hydrogen (secondary N) is 1. The SMILES string of the molecule is Cc1nc(-c2cc(S(=O)(=O)NC[C@@H](C)c3ccccc3)cn2C)sc1C(=O)N1CCOCC1. The Hall–Kier alpha value is -2.53. The van der Waals surface area contributed by atoms with Gasteiger partial charge < -0.3 is 14.2 Å². The number of sulfonamides is 1. The third kappa shape index (κ3) is 5.19. The molecule has 8 nitrogen and oxygen atoms in total. The van der Waals surface area contributed by atoms with Crippen LogP contribution in [0, 0.1) is 6.92 Å². The molecule has 0 spiro atoms. The molecule has 1 N–H and O–H groups in total. The van der Waals surface area contributed by atoms with Gasteiger partial charge in [0.15, 0.2) is 0 Å². The largest absolute Gasteiger partial charge is 0.378 e. The fourth-order valence-electron chi connectivity index (χ4n) is 3.73. The predicted octanol–water partition coefficient (Wildman–Crippen LogP) is 3.01. The first-order valence-corrected chi connectivity index (χ1v) is 13.1. The first-order chi connectivity index (χ1) is 15.8. The summed E-state index contributed by atoms with van der Waals surface area (Å²) in [6.07, 6.45) is 1.57. The lowest BCUT2D eigenvalue weighted by Gasteiger charge is -2.26. The molecule has 0 radical (unpaired) electrons. The molecule has 176 valence electrons. The molecule has 3 heterocycles.